The Kier molecular flexibility index (Phi) is 2.45. The smallest absolute Gasteiger partial charge is 0.255 e. The van der Waals surface area contributed by atoms with Gasteiger partial charge in [-0.15, -0.1) is 0 Å². The lowest BCUT2D eigenvalue weighted by atomic mass is 10.1. The lowest BCUT2D eigenvalue weighted by Gasteiger charge is -2.04. The van der Waals surface area contributed by atoms with Crippen molar-refractivity contribution in [3.8, 4) is 11.1 Å². The number of halogens is 1. The minimum Gasteiger partial charge on any atom is -0.284 e. The van der Waals surface area contributed by atoms with Crippen LogP contribution in [0, 0.1) is 5.82 Å². The van der Waals surface area contributed by atoms with Crippen molar-refractivity contribution < 1.29 is 4.39 Å². The first-order chi connectivity index (χ1) is 8.74. The fourth-order valence-electron chi connectivity index (χ4n) is 1.99. The molecule has 2 nitrogen and oxygen atoms in total. The van der Waals surface area contributed by atoms with Gasteiger partial charge in [0, 0.05) is 17.8 Å². The van der Waals surface area contributed by atoms with Gasteiger partial charge in [-0.05, 0) is 41.5 Å². The van der Waals surface area contributed by atoms with E-state index in [9.17, 15) is 9.18 Å². The van der Waals surface area contributed by atoms with Gasteiger partial charge in [0.2, 0.25) is 0 Å². The van der Waals surface area contributed by atoms with Crippen LogP contribution in [-0.4, -0.2) is 4.40 Å². The average Bonchev–Trinajstić information content (AvgIpc) is 2.39. The Morgan fingerprint density at radius 3 is 2.44 bits per heavy atom. The Morgan fingerprint density at radius 1 is 0.889 bits per heavy atom. The molecule has 18 heavy (non-hydrogen) atoms. The van der Waals surface area contributed by atoms with E-state index in [4.69, 9.17) is 0 Å². The van der Waals surface area contributed by atoms with Crippen LogP contribution in [0.5, 0.6) is 0 Å². The third-order valence-corrected chi connectivity index (χ3v) is 2.89. The SMILES string of the molecule is O=c1cc(-c2ccc(F)cc2)cc2ccccn12. The molecule has 0 saturated carbocycles. The zero-order chi connectivity index (χ0) is 12.5. The van der Waals surface area contributed by atoms with Crippen LogP contribution in [0.25, 0.3) is 16.6 Å². The third kappa shape index (κ3) is 1.80. The largest absolute Gasteiger partial charge is 0.284 e. The zero-order valence-electron chi connectivity index (χ0n) is 9.51. The molecule has 0 unspecified atom stereocenters. The van der Waals surface area contributed by atoms with Crippen molar-refractivity contribution >= 4 is 5.52 Å². The fourth-order valence-corrected chi connectivity index (χ4v) is 1.99. The van der Waals surface area contributed by atoms with E-state index in [2.05, 4.69) is 0 Å². The molecule has 1 aromatic carbocycles. The standard InChI is InChI=1S/C15H10FNO/c16-13-6-4-11(5-7-13)12-9-14-3-1-2-8-17(14)15(18)10-12/h1-10H. The van der Waals surface area contributed by atoms with Crippen LogP contribution < -0.4 is 5.56 Å². The average molecular weight is 239 g/mol. The Labute approximate surface area is 103 Å². The molecular formula is C15H10FNO. The third-order valence-electron chi connectivity index (χ3n) is 2.89. The van der Waals surface area contributed by atoms with Crippen molar-refractivity contribution in [1.29, 1.82) is 0 Å². The van der Waals surface area contributed by atoms with Crippen LogP contribution in [0.1, 0.15) is 0 Å². The summed E-state index contributed by atoms with van der Waals surface area (Å²) in [5.74, 6) is -0.281. The summed E-state index contributed by atoms with van der Waals surface area (Å²) < 4.78 is 14.4. The fraction of sp³-hybridized carbons (Fsp3) is 0. The molecule has 3 heteroatoms. The summed E-state index contributed by atoms with van der Waals surface area (Å²) in [6.45, 7) is 0. The first kappa shape index (κ1) is 10.7. The summed E-state index contributed by atoms with van der Waals surface area (Å²) in [7, 11) is 0. The molecule has 0 aliphatic rings. The lowest BCUT2D eigenvalue weighted by molar-refractivity contribution is 0.628. The first-order valence-corrected chi connectivity index (χ1v) is 5.61. The van der Waals surface area contributed by atoms with Gasteiger partial charge in [-0.25, -0.2) is 4.39 Å². The molecule has 88 valence electrons. The Bertz CT molecular complexity index is 759. The molecule has 2 heterocycles. The van der Waals surface area contributed by atoms with E-state index in [1.807, 2.05) is 24.3 Å². The van der Waals surface area contributed by atoms with Crippen molar-refractivity contribution in [2.45, 2.75) is 0 Å². The van der Waals surface area contributed by atoms with Gasteiger partial charge in [0.1, 0.15) is 5.82 Å². The minimum absolute atomic E-state index is 0.0903. The number of pyridine rings is 2. The van der Waals surface area contributed by atoms with E-state index < -0.39 is 0 Å². The Morgan fingerprint density at radius 2 is 1.67 bits per heavy atom. The molecule has 0 bridgehead atoms. The number of hydrogen-bond donors (Lipinski definition) is 0. The Balaban J connectivity index is 2.24. The van der Waals surface area contributed by atoms with E-state index in [1.165, 1.54) is 12.1 Å². The van der Waals surface area contributed by atoms with Crippen molar-refractivity contribution in [1.82, 2.24) is 4.40 Å². The molecule has 0 radical (unpaired) electrons. The van der Waals surface area contributed by atoms with Crippen LogP contribution in [0.15, 0.2) is 65.6 Å². The van der Waals surface area contributed by atoms with Gasteiger partial charge < -0.3 is 0 Å². The van der Waals surface area contributed by atoms with Gasteiger partial charge in [-0.1, -0.05) is 18.2 Å². The quantitative estimate of drug-likeness (QED) is 0.639. The van der Waals surface area contributed by atoms with Crippen LogP contribution in [0.4, 0.5) is 4.39 Å². The van der Waals surface area contributed by atoms with E-state index >= 15 is 0 Å². The number of hydrogen-bond acceptors (Lipinski definition) is 1. The van der Waals surface area contributed by atoms with Crippen molar-refractivity contribution in [3.05, 3.63) is 77.0 Å². The normalized spacial score (nSPS) is 10.7. The van der Waals surface area contributed by atoms with E-state index in [0.717, 1.165) is 16.6 Å². The predicted octanol–water partition coefficient (Wildman–Crippen LogP) is 3.11. The van der Waals surface area contributed by atoms with Gasteiger partial charge in [-0.2, -0.15) is 0 Å². The molecule has 0 fully saturated rings. The maximum Gasteiger partial charge on any atom is 0.255 e. The molecule has 0 N–H and O–H groups in total. The molecule has 0 spiro atoms. The highest BCUT2D eigenvalue weighted by Gasteiger charge is 2.02. The van der Waals surface area contributed by atoms with Crippen LogP contribution in [0.2, 0.25) is 0 Å². The highest BCUT2D eigenvalue weighted by molar-refractivity contribution is 5.68. The van der Waals surface area contributed by atoms with Gasteiger partial charge >= 0.3 is 0 Å². The topological polar surface area (TPSA) is 21.5 Å². The molecular weight excluding hydrogens is 229 g/mol. The molecule has 3 aromatic rings. The predicted molar refractivity (Wildman–Crippen MR) is 69.1 cm³/mol. The lowest BCUT2D eigenvalue weighted by Crippen LogP contribution is -2.11. The molecule has 0 saturated heterocycles. The Hall–Kier alpha value is -2.42. The van der Waals surface area contributed by atoms with Crippen molar-refractivity contribution in [3.63, 3.8) is 0 Å². The minimum atomic E-state index is -0.281. The summed E-state index contributed by atoms with van der Waals surface area (Å²) in [5.41, 5.74) is 2.36. The number of benzene rings is 1. The molecule has 0 aliphatic heterocycles. The summed E-state index contributed by atoms with van der Waals surface area (Å²) in [6.07, 6.45) is 1.73. The summed E-state index contributed by atoms with van der Waals surface area (Å²) in [5, 5.41) is 0. The molecule has 2 aromatic heterocycles. The van der Waals surface area contributed by atoms with Gasteiger partial charge in [0.25, 0.3) is 5.56 Å². The highest BCUT2D eigenvalue weighted by atomic mass is 19.1. The number of aromatic nitrogens is 1. The van der Waals surface area contributed by atoms with E-state index in [-0.39, 0.29) is 11.4 Å². The number of fused-ring (bicyclic) bond motifs is 1. The van der Waals surface area contributed by atoms with Crippen LogP contribution in [0.3, 0.4) is 0 Å². The molecule has 3 rings (SSSR count). The molecule has 0 amide bonds. The van der Waals surface area contributed by atoms with Crippen LogP contribution in [-0.2, 0) is 0 Å². The summed E-state index contributed by atoms with van der Waals surface area (Å²) >= 11 is 0. The van der Waals surface area contributed by atoms with Crippen molar-refractivity contribution in [2.24, 2.45) is 0 Å². The maximum absolute atomic E-state index is 12.9. The first-order valence-electron chi connectivity index (χ1n) is 5.61. The second kappa shape index (κ2) is 4.11. The van der Waals surface area contributed by atoms with Gasteiger partial charge in [0.15, 0.2) is 0 Å². The van der Waals surface area contributed by atoms with Gasteiger partial charge in [0.05, 0.1) is 0 Å². The highest BCUT2D eigenvalue weighted by Crippen LogP contribution is 2.19. The second-order valence-electron chi connectivity index (χ2n) is 4.08. The van der Waals surface area contributed by atoms with E-state index in [0.29, 0.717) is 0 Å². The summed E-state index contributed by atoms with van der Waals surface area (Å²) in [6, 6.07) is 15.1. The van der Waals surface area contributed by atoms with E-state index in [1.54, 1.807) is 28.8 Å². The monoisotopic (exact) mass is 239 g/mol. The number of nitrogens with zero attached hydrogens (tertiary/aromatic N) is 1. The second-order valence-corrected chi connectivity index (χ2v) is 4.08. The summed E-state index contributed by atoms with van der Waals surface area (Å²) in [4.78, 5) is 11.9. The number of rotatable bonds is 1. The maximum atomic E-state index is 12.9. The molecule has 0 aliphatic carbocycles. The van der Waals surface area contributed by atoms with Crippen LogP contribution >= 0.6 is 0 Å². The van der Waals surface area contributed by atoms with Crippen molar-refractivity contribution in [2.75, 3.05) is 0 Å². The molecule has 0 atom stereocenters. The zero-order valence-corrected chi connectivity index (χ0v) is 9.51. The van der Waals surface area contributed by atoms with Gasteiger partial charge in [-0.3, -0.25) is 9.20 Å².